The highest BCUT2D eigenvalue weighted by Gasteiger charge is 2.21. The van der Waals surface area contributed by atoms with E-state index in [0.29, 0.717) is 6.42 Å². The minimum atomic E-state index is -4.54. The van der Waals surface area contributed by atoms with Gasteiger partial charge in [-0.1, -0.05) is 25.1 Å². The summed E-state index contributed by atoms with van der Waals surface area (Å²) in [5, 5.41) is 19.0. The van der Waals surface area contributed by atoms with Crippen molar-refractivity contribution in [3.8, 4) is 5.75 Å². The van der Waals surface area contributed by atoms with Gasteiger partial charge in [0.25, 0.3) is 0 Å². The maximum absolute atomic E-state index is 11.1. The molecule has 2 atom stereocenters. The average Bonchev–Trinajstić information content (AvgIpc) is 2.44. The molecule has 0 saturated carbocycles. The molecule has 1 aliphatic rings. The number of phenolic OH excluding ortho intramolecular Hbond substituents is 1. The summed E-state index contributed by atoms with van der Waals surface area (Å²) in [5.74, 6) is 0.0441. The van der Waals surface area contributed by atoms with E-state index >= 15 is 0 Å². The van der Waals surface area contributed by atoms with Gasteiger partial charge in [-0.15, -0.1) is 0 Å². The molecule has 0 saturated heterocycles. The topological polar surface area (TPSA) is 110 Å². The first-order valence-corrected chi connectivity index (χ1v) is 8.84. The third kappa shape index (κ3) is 5.36. The van der Waals surface area contributed by atoms with Gasteiger partial charge in [0.1, 0.15) is 11.5 Å². The first-order valence-electron chi connectivity index (χ1n) is 7.28. The van der Waals surface area contributed by atoms with E-state index in [1.807, 2.05) is 13.0 Å². The van der Waals surface area contributed by atoms with E-state index in [0.717, 1.165) is 12.0 Å². The van der Waals surface area contributed by atoms with Crippen LogP contribution in [0.1, 0.15) is 31.2 Å². The van der Waals surface area contributed by atoms with Crippen LogP contribution in [0, 0.1) is 5.92 Å². The molecule has 1 aromatic rings. The van der Waals surface area contributed by atoms with Crippen molar-refractivity contribution in [2.24, 2.45) is 10.7 Å². The fraction of sp³-hybridized carbons (Fsp3) is 0.312. The van der Waals surface area contributed by atoms with Crippen LogP contribution in [-0.4, -0.2) is 25.7 Å². The number of allylic oxidation sites excluding steroid dienone is 3. The van der Waals surface area contributed by atoms with Crippen molar-refractivity contribution in [3.63, 3.8) is 0 Å². The fourth-order valence-corrected chi connectivity index (χ4v) is 3.05. The van der Waals surface area contributed by atoms with E-state index in [-0.39, 0.29) is 29.1 Å². The lowest BCUT2D eigenvalue weighted by Gasteiger charge is -2.19. The number of rotatable bonds is 5. The molecular weight excluding hydrogens is 317 g/mol. The lowest BCUT2D eigenvalue weighted by atomic mass is 9.87. The fourth-order valence-electron chi connectivity index (χ4n) is 2.55. The summed E-state index contributed by atoms with van der Waals surface area (Å²) < 4.78 is 14.5. The molecule has 1 aromatic carbocycles. The van der Waals surface area contributed by atoms with Crippen LogP contribution in [0.5, 0.6) is 5.75 Å². The third-order valence-corrected chi connectivity index (χ3v) is 4.26. The molecule has 1 aliphatic carbocycles. The molecule has 2 rings (SSSR count). The molecule has 0 fully saturated rings. The smallest absolute Gasteiger partial charge is 0.448 e. The number of aliphatic hydroxyl groups is 1. The molecule has 0 radical (unpaired) electrons. The normalized spacial score (nSPS) is 21.3. The molecule has 4 N–H and O–H groups in total. The number of aliphatic hydroxyl groups excluding tert-OH is 1. The van der Waals surface area contributed by atoms with E-state index in [1.165, 1.54) is 12.2 Å². The maximum Gasteiger partial charge on any atom is 0.448 e. The van der Waals surface area contributed by atoms with Gasteiger partial charge in [0, 0.05) is 12.0 Å². The van der Waals surface area contributed by atoms with Crippen LogP contribution in [0.25, 0.3) is 0 Å². The standard InChI is InChI=1S/C16H20NO5P/c1-11(13-3-2-4-14(18)9-13)5-6-12-7-8-15(19)10-16(12)17-23(20,21)22/h2-4,7-12,18-19H,5-6H2,1H3,(H2,20,21,22). The predicted octanol–water partition coefficient (Wildman–Crippen LogP) is 3.44. The molecule has 7 heteroatoms. The molecule has 0 spiro atoms. The van der Waals surface area contributed by atoms with Crippen LogP contribution in [0.3, 0.4) is 0 Å². The van der Waals surface area contributed by atoms with Crippen LogP contribution >= 0.6 is 7.75 Å². The zero-order chi connectivity index (χ0) is 17.0. The molecular formula is C16H20NO5P. The highest BCUT2D eigenvalue weighted by molar-refractivity contribution is 7.50. The van der Waals surface area contributed by atoms with Gasteiger partial charge >= 0.3 is 7.75 Å². The number of hydrogen-bond acceptors (Lipinski definition) is 3. The summed E-state index contributed by atoms with van der Waals surface area (Å²) in [6.07, 6.45) is 5.84. The largest absolute Gasteiger partial charge is 0.508 e. The van der Waals surface area contributed by atoms with Gasteiger partial charge in [-0.2, -0.15) is 4.76 Å². The molecule has 0 aromatic heterocycles. The van der Waals surface area contributed by atoms with Crippen molar-refractivity contribution in [3.05, 3.63) is 53.8 Å². The number of benzene rings is 1. The third-order valence-electron chi connectivity index (χ3n) is 3.77. The first kappa shape index (κ1) is 17.5. The van der Waals surface area contributed by atoms with Gasteiger partial charge in [0.2, 0.25) is 0 Å². The summed E-state index contributed by atoms with van der Waals surface area (Å²) in [6, 6.07) is 7.02. The number of nitrogens with zero attached hydrogens (tertiary/aromatic N) is 1. The Morgan fingerprint density at radius 2 is 2.04 bits per heavy atom. The Bertz CT molecular complexity index is 704. The molecule has 0 heterocycles. The lowest BCUT2D eigenvalue weighted by Crippen LogP contribution is -2.15. The van der Waals surface area contributed by atoms with E-state index in [2.05, 4.69) is 4.76 Å². The second-order valence-electron chi connectivity index (χ2n) is 5.65. The van der Waals surface area contributed by atoms with Crippen LogP contribution in [0.2, 0.25) is 0 Å². The lowest BCUT2D eigenvalue weighted by molar-refractivity contribution is 0.375. The second kappa shape index (κ2) is 7.13. The first-order chi connectivity index (χ1) is 10.7. The zero-order valence-electron chi connectivity index (χ0n) is 12.7. The van der Waals surface area contributed by atoms with E-state index < -0.39 is 7.75 Å². The summed E-state index contributed by atoms with van der Waals surface area (Å²) in [5.41, 5.74) is 1.18. The zero-order valence-corrected chi connectivity index (χ0v) is 13.6. The Balaban J connectivity index is 2.08. The number of aromatic hydroxyl groups is 1. The highest BCUT2D eigenvalue weighted by atomic mass is 31.2. The summed E-state index contributed by atoms with van der Waals surface area (Å²) >= 11 is 0. The van der Waals surface area contributed by atoms with Gasteiger partial charge in [-0.3, -0.25) is 0 Å². The van der Waals surface area contributed by atoms with Crippen molar-refractivity contribution in [2.75, 3.05) is 0 Å². The van der Waals surface area contributed by atoms with Crippen molar-refractivity contribution in [1.82, 2.24) is 0 Å². The minimum absolute atomic E-state index is 0.0746. The molecule has 23 heavy (non-hydrogen) atoms. The molecule has 124 valence electrons. The van der Waals surface area contributed by atoms with Crippen LogP contribution in [0.4, 0.5) is 0 Å². The van der Waals surface area contributed by atoms with Crippen molar-refractivity contribution in [2.45, 2.75) is 25.7 Å². The molecule has 0 amide bonds. The van der Waals surface area contributed by atoms with Crippen LogP contribution < -0.4 is 0 Å². The molecule has 0 aliphatic heterocycles. The number of phenols is 1. The van der Waals surface area contributed by atoms with Gasteiger partial charge in [-0.05, 0) is 42.5 Å². The Labute approximate surface area is 134 Å². The van der Waals surface area contributed by atoms with E-state index in [1.54, 1.807) is 24.3 Å². The molecule has 2 unspecified atom stereocenters. The molecule has 6 nitrogen and oxygen atoms in total. The Morgan fingerprint density at radius 3 is 2.70 bits per heavy atom. The quantitative estimate of drug-likeness (QED) is 0.615. The Hall–Kier alpha value is -1.88. The van der Waals surface area contributed by atoms with E-state index in [9.17, 15) is 14.8 Å². The van der Waals surface area contributed by atoms with Crippen LogP contribution in [-0.2, 0) is 4.57 Å². The number of hydrogen-bond donors (Lipinski definition) is 4. The maximum atomic E-state index is 11.1. The van der Waals surface area contributed by atoms with Crippen LogP contribution in [0.15, 0.2) is 53.0 Å². The molecule has 0 bridgehead atoms. The van der Waals surface area contributed by atoms with Crippen molar-refractivity contribution in [1.29, 1.82) is 0 Å². The van der Waals surface area contributed by atoms with Crippen molar-refractivity contribution < 1.29 is 24.6 Å². The van der Waals surface area contributed by atoms with Gasteiger partial charge < -0.3 is 20.0 Å². The van der Waals surface area contributed by atoms with Crippen molar-refractivity contribution >= 4 is 13.5 Å². The second-order valence-corrected chi connectivity index (χ2v) is 6.87. The van der Waals surface area contributed by atoms with Gasteiger partial charge in [0.05, 0.1) is 5.71 Å². The average molecular weight is 337 g/mol. The highest BCUT2D eigenvalue weighted by Crippen LogP contribution is 2.38. The van der Waals surface area contributed by atoms with Gasteiger partial charge in [0.15, 0.2) is 0 Å². The minimum Gasteiger partial charge on any atom is -0.508 e. The van der Waals surface area contributed by atoms with E-state index in [4.69, 9.17) is 9.79 Å². The Kier molecular flexibility index (Phi) is 5.42. The summed E-state index contributed by atoms with van der Waals surface area (Å²) in [7, 11) is -4.54. The monoisotopic (exact) mass is 337 g/mol. The van der Waals surface area contributed by atoms with Gasteiger partial charge in [-0.25, -0.2) is 4.57 Å². The summed E-state index contributed by atoms with van der Waals surface area (Å²) in [6.45, 7) is 2.02. The Morgan fingerprint density at radius 1 is 1.30 bits per heavy atom. The predicted molar refractivity (Wildman–Crippen MR) is 88.6 cm³/mol. The SMILES string of the molecule is CC(CCC1C=CC(O)=CC1=NP(=O)(O)O)c1cccc(O)c1. The summed E-state index contributed by atoms with van der Waals surface area (Å²) in [4.78, 5) is 18.0.